The van der Waals surface area contributed by atoms with Crippen molar-refractivity contribution in [1.82, 2.24) is 24.5 Å². The molecule has 0 bridgehead atoms. The van der Waals surface area contributed by atoms with E-state index in [1.165, 1.54) is 23.3 Å². The third kappa shape index (κ3) is 3.30. The summed E-state index contributed by atoms with van der Waals surface area (Å²) < 4.78 is 5.18. The van der Waals surface area contributed by atoms with Crippen LogP contribution in [0, 0.1) is 0 Å². The number of H-pyrrole nitrogens is 1. The lowest BCUT2D eigenvalue weighted by atomic mass is 10.2. The van der Waals surface area contributed by atoms with Crippen molar-refractivity contribution in [2.45, 2.75) is 9.50 Å². The Morgan fingerprint density at radius 2 is 1.96 bits per heavy atom. The predicted molar refractivity (Wildman–Crippen MR) is 94.2 cm³/mol. The molecule has 0 aliphatic carbocycles. The van der Waals surface area contributed by atoms with Gasteiger partial charge >= 0.3 is 0 Å². The number of aromatic amines is 1. The van der Waals surface area contributed by atoms with Gasteiger partial charge in [0.05, 0.1) is 4.88 Å². The quantitative estimate of drug-likeness (QED) is 0.550. The van der Waals surface area contributed by atoms with Gasteiger partial charge in [0.1, 0.15) is 0 Å². The molecule has 3 heterocycles. The lowest BCUT2D eigenvalue weighted by molar-refractivity contribution is 0.972. The van der Waals surface area contributed by atoms with Gasteiger partial charge in [0, 0.05) is 10.6 Å². The van der Waals surface area contributed by atoms with E-state index in [2.05, 4.69) is 24.5 Å². The molecule has 5 nitrogen and oxygen atoms in total. The molecule has 114 valence electrons. The van der Waals surface area contributed by atoms with Crippen molar-refractivity contribution in [3.05, 3.63) is 46.8 Å². The van der Waals surface area contributed by atoms with Gasteiger partial charge in [0.2, 0.25) is 5.16 Å². The molecule has 0 aliphatic rings. The summed E-state index contributed by atoms with van der Waals surface area (Å²) >= 11 is 10.3. The lowest BCUT2D eigenvalue weighted by Gasteiger charge is -1.94. The Kier molecular flexibility index (Phi) is 4.13. The van der Waals surface area contributed by atoms with Crippen molar-refractivity contribution in [3.8, 4) is 22.1 Å². The molecule has 0 amide bonds. The molecule has 0 radical (unpaired) electrons. The lowest BCUT2D eigenvalue weighted by Crippen LogP contribution is -1.79. The fraction of sp³-hybridized carbons (Fsp3) is 0. The number of aromatic nitrogens is 5. The average Bonchev–Trinajstić information content (AvgIpc) is 3.29. The molecule has 0 saturated carbocycles. The van der Waals surface area contributed by atoms with Crippen LogP contribution in [0.4, 0.5) is 0 Å². The van der Waals surface area contributed by atoms with Gasteiger partial charge in [-0.3, -0.25) is 5.10 Å². The first-order chi connectivity index (χ1) is 11.3. The molecule has 23 heavy (non-hydrogen) atoms. The van der Waals surface area contributed by atoms with Crippen molar-refractivity contribution < 1.29 is 0 Å². The zero-order valence-corrected chi connectivity index (χ0v) is 14.6. The van der Waals surface area contributed by atoms with Gasteiger partial charge in [0.15, 0.2) is 16.0 Å². The third-order valence-electron chi connectivity index (χ3n) is 2.91. The van der Waals surface area contributed by atoms with Crippen LogP contribution >= 0.6 is 46.2 Å². The van der Waals surface area contributed by atoms with Crippen molar-refractivity contribution in [3.63, 3.8) is 0 Å². The molecular formula is C14H8ClN5S3. The standard InChI is InChI=1S/C14H8ClN5S3/c15-9-5-3-8(4-6-9)11-16-13(19-18-11)22-14-17-12(20-23-14)10-2-1-7-21-10/h1-7H,(H,16,18,19). The zero-order valence-electron chi connectivity index (χ0n) is 11.4. The molecule has 1 aromatic carbocycles. The molecule has 3 aromatic heterocycles. The number of rotatable bonds is 4. The van der Waals surface area contributed by atoms with Gasteiger partial charge in [-0.25, -0.2) is 9.97 Å². The van der Waals surface area contributed by atoms with Crippen molar-refractivity contribution >= 4 is 46.2 Å². The SMILES string of the molecule is Clc1ccc(-c2nc(Sc3nc(-c4cccs4)ns3)n[nH]2)cc1. The Balaban J connectivity index is 1.53. The largest absolute Gasteiger partial charge is 0.258 e. The number of benzene rings is 1. The first-order valence-corrected chi connectivity index (χ1v) is 9.36. The maximum Gasteiger partial charge on any atom is 0.215 e. The molecule has 4 aromatic rings. The first kappa shape index (κ1) is 14.8. The van der Waals surface area contributed by atoms with E-state index in [0.717, 1.165) is 20.6 Å². The number of nitrogens with one attached hydrogen (secondary N) is 1. The van der Waals surface area contributed by atoms with E-state index >= 15 is 0 Å². The predicted octanol–water partition coefficient (Wildman–Crippen LogP) is 4.86. The Labute approximate surface area is 149 Å². The van der Waals surface area contributed by atoms with Crippen LogP contribution < -0.4 is 0 Å². The fourth-order valence-corrected chi connectivity index (χ4v) is 4.14. The fourth-order valence-electron chi connectivity index (χ4n) is 1.86. The second-order valence-electron chi connectivity index (χ2n) is 4.44. The number of hydrogen-bond donors (Lipinski definition) is 1. The molecule has 4 rings (SSSR count). The van der Waals surface area contributed by atoms with E-state index in [0.29, 0.717) is 16.0 Å². The first-order valence-electron chi connectivity index (χ1n) is 6.52. The maximum absolute atomic E-state index is 5.89. The van der Waals surface area contributed by atoms with Crippen LogP contribution in [0.5, 0.6) is 0 Å². The summed E-state index contributed by atoms with van der Waals surface area (Å²) in [6.07, 6.45) is 0. The van der Waals surface area contributed by atoms with Crippen LogP contribution in [-0.2, 0) is 0 Å². The molecule has 0 spiro atoms. The average molecular weight is 378 g/mol. The van der Waals surface area contributed by atoms with Crippen LogP contribution in [0.2, 0.25) is 5.02 Å². The van der Waals surface area contributed by atoms with E-state index in [1.54, 1.807) is 11.3 Å². The normalized spacial score (nSPS) is 11.0. The van der Waals surface area contributed by atoms with E-state index in [4.69, 9.17) is 11.6 Å². The minimum atomic E-state index is 0.615. The van der Waals surface area contributed by atoms with Crippen LogP contribution in [0.15, 0.2) is 51.3 Å². The monoisotopic (exact) mass is 377 g/mol. The van der Waals surface area contributed by atoms with Crippen LogP contribution in [0.1, 0.15) is 0 Å². The second-order valence-corrected chi connectivity index (χ2v) is 7.79. The minimum absolute atomic E-state index is 0.615. The number of thiophene rings is 1. The molecule has 0 atom stereocenters. The van der Waals surface area contributed by atoms with E-state index < -0.39 is 0 Å². The van der Waals surface area contributed by atoms with Gasteiger partial charge in [-0.2, -0.15) is 4.37 Å². The summed E-state index contributed by atoms with van der Waals surface area (Å²) in [5.74, 6) is 1.45. The molecule has 0 aliphatic heterocycles. The Morgan fingerprint density at radius 3 is 2.74 bits per heavy atom. The van der Waals surface area contributed by atoms with Gasteiger partial charge in [-0.15, -0.1) is 16.4 Å². The summed E-state index contributed by atoms with van der Waals surface area (Å²) in [6, 6.07) is 11.4. The van der Waals surface area contributed by atoms with Crippen molar-refractivity contribution in [2.24, 2.45) is 0 Å². The summed E-state index contributed by atoms with van der Waals surface area (Å²) in [4.78, 5) is 10.0. The summed E-state index contributed by atoms with van der Waals surface area (Å²) in [7, 11) is 0. The molecular weight excluding hydrogens is 370 g/mol. The van der Waals surface area contributed by atoms with E-state index in [-0.39, 0.29) is 0 Å². The van der Waals surface area contributed by atoms with Gasteiger partial charge in [0.25, 0.3) is 0 Å². The number of nitrogens with zero attached hydrogens (tertiary/aromatic N) is 4. The molecule has 9 heteroatoms. The molecule has 1 N–H and O–H groups in total. The maximum atomic E-state index is 5.89. The van der Waals surface area contributed by atoms with Crippen molar-refractivity contribution in [2.75, 3.05) is 0 Å². The van der Waals surface area contributed by atoms with Crippen LogP contribution in [0.3, 0.4) is 0 Å². The highest BCUT2D eigenvalue weighted by atomic mass is 35.5. The minimum Gasteiger partial charge on any atom is -0.258 e. The van der Waals surface area contributed by atoms with Gasteiger partial charge < -0.3 is 0 Å². The molecule has 0 unspecified atom stereocenters. The Morgan fingerprint density at radius 1 is 1.09 bits per heavy atom. The second kappa shape index (κ2) is 6.40. The molecule has 0 saturated heterocycles. The Bertz CT molecular complexity index is 914. The van der Waals surface area contributed by atoms with Crippen LogP contribution in [-0.4, -0.2) is 24.5 Å². The smallest absolute Gasteiger partial charge is 0.215 e. The zero-order chi connectivity index (χ0) is 15.6. The summed E-state index contributed by atoms with van der Waals surface area (Å²) in [5.41, 5.74) is 0.935. The third-order valence-corrected chi connectivity index (χ3v) is 5.64. The Hall–Kier alpha value is -1.74. The van der Waals surface area contributed by atoms with Gasteiger partial charge in [-0.05, 0) is 59.0 Å². The summed E-state index contributed by atoms with van der Waals surface area (Å²) in [5, 5.41) is 10.5. The van der Waals surface area contributed by atoms with Crippen LogP contribution in [0.25, 0.3) is 22.1 Å². The number of hydrogen-bond acceptors (Lipinski definition) is 7. The topological polar surface area (TPSA) is 67.3 Å². The van der Waals surface area contributed by atoms with Gasteiger partial charge in [-0.1, -0.05) is 17.7 Å². The number of halogens is 1. The molecule has 0 fully saturated rings. The highest BCUT2D eigenvalue weighted by Gasteiger charge is 2.12. The highest BCUT2D eigenvalue weighted by Crippen LogP contribution is 2.31. The van der Waals surface area contributed by atoms with E-state index in [9.17, 15) is 0 Å². The highest BCUT2D eigenvalue weighted by molar-refractivity contribution is 8.00. The summed E-state index contributed by atoms with van der Waals surface area (Å²) in [6.45, 7) is 0. The van der Waals surface area contributed by atoms with E-state index in [1.807, 2.05) is 41.8 Å². The van der Waals surface area contributed by atoms with Crippen molar-refractivity contribution in [1.29, 1.82) is 0 Å².